The second kappa shape index (κ2) is 8.85. The summed E-state index contributed by atoms with van der Waals surface area (Å²) in [4.78, 5) is 41.1. The summed E-state index contributed by atoms with van der Waals surface area (Å²) >= 11 is 1.29. The summed E-state index contributed by atoms with van der Waals surface area (Å²) in [6.45, 7) is 1.38. The maximum atomic E-state index is 13.0. The maximum absolute atomic E-state index is 13.0. The highest BCUT2D eigenvalue weighted by molar-refractivity contribution is 7.16. The molecule has 1 N–H and O–H groups in total. The first kappa shape index (κ1) is 21.0. The van der Waals surface area contributed by atoms with Crippen molar-refractivity contribution < 1.29 is 19.1 Å². The van der Waals surface area contributed by atoms with Gasteiger partial charge in [0, 0.05) is 18.2 Å². The fourth-order valence-electron chi connectivity index (χ4n) is 3.80. The van der Waals surface area contributed by atoms with E-state index in [1.54, 1.807) is 22.8 Å². The number of nitrogens with one attached hydrogen (secondary N) is 1. The lowest BCUT2D eigenvalue weighted by atomic mass is 9.90. The number of anilines is 1. The lowest BCUT2D eigenvalue weighted by Crippen LogP contribution is -2.22. The number of fused-ring (bicyclic) bond motifs is 2. The third-order valence-corrected chi connectivity index (χ3v) is 6.35. The SMILES string of the molecule is COC(=O)Cn1c(=NC(=O)c2ccc3c(c2)CCCC3)sc2cc(NC(C)=O)ccc21. The third-order valence-electron chi connectivity index (χ3n) is 5.31. The Balaban J connectivity index is 1.77. The van der Waals surface area contributed by atoms with Gasteiger partial charge in [0.2, 0.25) is 5.91 Å². The number of amides is 2. The van der Waals surface area contributed by atoms with Gasteiger partial charge in [-0.25, -0.2) is 0 Å². The van der Waals surface area contributed by atoms with Crippen molar-refractivity contribution in [2.75, 3.05) is 12.4 Å². The summed E-state index contributed by atoms with van der Waals surface area (Å²) in [6, 6.07) is 11.1. The van der Waals surface area contributed by atoms with E-state index < -0.39 is 5.97 Å². The van der Waals surface area contributed by atoms with Gasteiger partial charge in [0.05, 0.1) is 17.3 Å². The van der Waals surface area contributed by atoms with Crippen LogP contribution >= 0.6 is 11.3 Å². The number of rotatable bonds is 4. The average molecular weight is 438 g/mol. The molecule has 4 rings (SSSR count). The fraction of sp³-hybridized carbons (Fsp3) is 0.304. The smallest absolute Gasteiger partial charge is 0.325 e. The third kappa shape index (κ3) is 4.59. The van der Waals surface area contributed by atoms with Gasteiger partial charge in [-0.05, 0) is 67.1 Å². The van der Waals surface area contributed by atoms with Crippen LogP contribution in [0, 0.1) is 0 Å². The molecule has 0 saturated carbocycles. The number of thiazole rings is 1. The van der Waals surface area contributed by atoms with Crippen molar-refractivity contribution >= 4 is 45.0 Å². The number of ether oxygens (including phenoxy) is 1. The van der Waals surface area contributed by atoms with Crippen LogP contribution in [0.5, 0.6) is 0 Å². The van der Waals surface area contributed by atoms with Crippen LogP contribution < -0.4 is 10.1 Å². The standard InChI is InChI=1S/C23H23N3O4S/c1-14(27)24-18-9-10-19-20(12-18)31-23(26(19)13-21(28)30-2)25-22(29)17-8-7-15-5-3-4-6-16(15)11-17/h7-12H,3-6,13H2,1-2H3,(H,24,27). The first-order chi connectivity index (χ1) is 14.9. The van der Waals surface area contributed by atoms with Gasteiger partial charge in [0.1, 0.15) is 6.54 Å². The van der Waals surface area contributed by atoms with Crippen LogP contribution in [0.15, 0.2) is 41.4 Å². The zero-order valence-corrected chi connectivity index (χ0v) is 18.3. The fourth-order valence-corrected chi connectivity index (χ4v) is 4.87. The molecule has 160 valence electrons. The van der Waals surface area contributed by atoms with Crippen LogP contribution in [0.1, 0.15) is 41.3 Å². The molecule has 31 heavy (non-hydrogen) atoms. The van der Waals surface area contributed by atoms with Crippen LogP contribution in [0.2, 0.25) is 0 Å². The summed E-state index contributed by atoms with van der Waals surface area (Å²) in [5.74, 6) is -0.959. The molecule has 3 aromatic rings. The van der Waals surface area contributed by atoms with Crippen LogP contribution in [0.3, 0.4) is 0 Å². The molecule has 0 atom stereocenters. The van der Waals surface area contributed by atoms with Gasteiger partial charge in [-0.2, -0.15) is 4.99 Å². The van der Waals surface area contributed by atoms with E-state index in [4.69, 9.17) is 4.74 Å². The van der Waals surface area contributed by atoms with Crippen molar-refractivity contribution in [1.82, 2.24) is 4.57 Å². The molecule has 7 nitrogen and oxygen atoms in total. The lowest BCUT2D eigenvalue weighted by molar-refractivity contribution is -0.141. The Bertz CT molecular complexity index is 1260. The Hall–Kier alpha value is -3.26. The Morgan fingerprint density at radius 2 is 1.87 bits per heavy atom. The molecule has 8 heteroatoms. The van der Waals surface area contributed by atoms with Crippen LogP contribution in [-0.2, 0) is 33.7 Å². The van der Waals surface area contributed by atoms with E-state index in [2.05, 4.69) is 10.3 Å². The van der Waals surface area contributed by atoms with Crippen molar-refractivity contribution in [3.8, 4) is 0 Å². The highest BCUT2D eigenvalue weighted by Gasteiger charge is 2.15. The number of methoxy groups -OCH3 is 1. The molecule has 0 aliphatic heterocycles. The van der Waals surface area contributed by atoms with Crippen molar-refractivity contribution in [3.63, 3.8) is 0 Å². The molecule has 0 spiro atoms. The molecule has 1 aromatic heterocycles. The maximum Gasteiger partial charge on any atom is 0.325 e. The minimum atomic E-state index is -0.437. The number of hydrogen-bond donors (Lipinski definition) is 1. The molecule has 0 saturated heterocycles. The number of carbonyl (C=O) groups is 3. The van der Waals surface area contributed by atoms with Gasteiger partial charge >= 0.3 is 5.97 Å². The van der Waals surface area contributed by atoms with E-state index in [0.717, 1.165) is 29.5 Å². The molecule has 2 aromatic carbocycles. The van der Waals surface area contributed by atoms with Crippen LogP contribution in [0.4, 0.5) is 5.69 Å². The van der Waals surface area contributed by atoms with Gasteiger partial charge in [0.15, 0.2) is 4.80 Å². The first-order valence-electron chi connectivity index (χ1n) is 10.1. The summed E-state index contributed by atoms with van der Waals surface area (Å²) in [6.07, 6.45) is 4.34. The van der Waals surface area contributed by atoms with E-state index in [-0.39, 0.29) is 18.4 Å². The number of benzene rings is 2. The van der Waals surface area contributed by atoms with Crippen molar-refractivity contribution in [2.24, 2.45) is 4.99 Å². The molecule has 1 aliphatic rings. The average Bonchev–Trinajstić information content (AvgIpc) is 3.08. The van der Waals surface area contributed by atoms with Gasteiger partial charge < -0.3 is 14.6 Å². The minimum Gasteiger partial charge on any atom is -0.468 e. The molecule has 1 heterocycles. The highest BCUT2D eigenvalue weighted by atomic mass is 32.1. The number of carbonyl (C=O) groups excluding carboxylic acids is 3. The topological polar surface area (TPSA) is 89.8 Å². The summed E-state index contributed by atoms with van der Waals surface area (Å²) in [5, 5.41) is 2.74. The first-order valence-corrected chi connectivity index (χ1v) is 10.9. The molecular weight excluding hydrogens is 414 g/mol. The Morgan fingerprint density at radius 1 is 1.10 bits per heavy atom. The van der Waals surface area contributed by atoms with Crippen molar-refractivity contribution in [3.05, 3.63) is 57.9 Å². The Morgan fingerprint density at radius 3 is 2.61 bits per heavy atom. The number of aromatic nitrogens is 1. The van der Waals surface area contributed by atoms with Gasteiger partial charge in [-0.1, -0.05) is 17.4 Å². The van der Waals surface area contributed by atoms with E-state index >= 15 is 0 Å². The number of aryl methyl sites for hydroxylation is 2. The largest absolute Gasteiger partial charge is 0.468 e. The zero-order chi connectivity index (χ0) is 22.0. The van der Waals surface area contributed by atoms with Gasteiger partial charge in [0.25, 0.3) is 5.91 Å². The lowest BCUT2D eigenvalue weighted by Gasteiger charge is -2.15. The molecule has 0 unspecified atom stereocenters. The van der Waals surface area contributed by atoms with Gasteiger partial charge in [-0.15, -0.1) is 0 Å². The zero-order valence-electron chi connectivity index (χ0n) is 17.4. The summed E-state index contributed by atoms with van der Waals surface area (Å²) < 4.78 is 7.28. The van der Waals surface area contributed by atoms with E-state index in [1.165, 1.54) is 42.9 Å². The highest BCUT2D eigenvalue weighted by Crippen LogP contribution is 2.24. The predicted molar refractivity (Wildman–Crippen MR) is 119 cm³/mol. The second-order valence-corrected chi connectivity index (χ2v) is 8.53. The minimum absolute atomic E-state index is 0.0632. The van der Waals surface area contributed by atoms with E-state index in [0.29, 0.717) is 16.1 Å². The Labute approximate surface area is 183 Å². The number of hydrogen-bond acceptors (Lipinski definition) is 5. The van der Waals surface area contributed by atoms with Crippen molar-refractivity contribution in [1.29, 1.82) is 0 Å². The molecular formula is C23H23N3O4S. The van der Waals surface area contributed by atoms with Crippen molar-refractivity contribution in [2.45, 2.75) is 39.2 Å². The summed E-state index contributed by atoms with van der Waals surface area (Å²) in [7, 11) is 1.32. The monoisotopic (exact) mass is 437 g/mol. The van der Waals surface area contributed by atoms with E-state index in [1.807, 2.05) is 18.2 Å². The molecule has 0 bridgehead atoms. The Kier molecular flexibility index (Phi) is 5.99. The molecule has 2 amide bonds. The number of esters is 1. The van der Waals surface area contributed by atoms with Crippen LogP contribution in [0.25, 0.3) is 10.2 Å². The quantitative estimate of drug-likeness (QED) is 0.633. The molecule has 1 aliphatic carbocycles. The van der Waals surface area contributed by atoms with Gasteiger partial charge in [-0.3, -0.25) is 14.4 Å². The molecule has 0 radical (unpaired) electrons. The summed E-state index contributed by atoms with van der Waals surface area (Å²) in [5.41, 5.74) is 4.43. The normalized spacial score (nSPS) is 13.7. The molecule has 0 fully saturated rings. The number of nitrogens with zero attached hydrogens (tertiary/aromatic N) is 2. The van der Waals surface area contributed by atoms with Crippen LogP contribution in [-0.4, -0.2) is 29.5 Å². The second-order valence-electron chi connectivity index (χ2n) is 7.52. The predicted octanol–water partition coefficient (Wildman–Crippen LogP) is 3.45. The van der Waals surface area contributed by atoms with E-state index in [9.17, 15) is 14.4 Å².